The van der Waals surface area contributed by atoms with Gasteiger partial charge in [0, 0.05) is 12.3 Å². The van der Waals surface area contributed by atoms with E-state index in [1.54, 1.807) is 0 Å². The van der Waals surface area contributed by atoms with Crippen LogP contribution < -0.4 is 0 Å². The van der Waals surface area contributed by atoms with Crippen LogP contribution in [0, 0.1) is 4.64 Å². The molecule has 3 nitrogen and oxygen atoms in total. The molecule has 1 aromatic rings. The molecule has 92 valence electrons. The molecule has 2 heterocycles. The second kappa shape index (κ2) is 4.18. The first-order chi connectivity index (χ1) is 8.17. The van der Waals surface area contributed by atoms with E-state index in [1.165, 1.54) is 25.0 Å². The molecule has 1 N–H and O–H groups in total. The molecule has 2 aliphatic rings. The van der Waals surface area contributed by atoms with Crippen molar-refractivity contribution in [2.75, 3.05) is 6.61 Å². The molecule has 0 amide bonds. The zero-order chi connectivity index (χ0) is 11.9. The first-order valence-corrected chi connectivity index (χ1v) is 6.84. The van der Waals surface area contributed by atoms with E-state index in [4.69, 9.17) is 17.0 Å². The third kappa shape index (κ3) is 2.29. The summed E-state index contributed by atoms with van der Waals surface area (Å²) in [6, 6.07) is 2.00. The van der Waals surface area contributed by atoms with E-state index < -0.39 is 0 Å². The lowest BCUT2D eigenvalue weighted by Crippen LogP contribution is -2.32. The minimum atomic E-state index is -0.267. The number of aromatic amines is 1. The van der Waals surface area contributed by atoms with Crippen LogP contribution in [0.2, 0.25) is 0 Å². The molecule has 4 heteroatoms. The Bertz CT molecular complexity index is 473. The number of rotatable bonds is 2. The van der Waals surface area contributed by atoms with Crippen molar-refractivity contribution in [1.82, 2.24) is 9.97 Å². The Morgan fingerprint density at radius 1 is 1.47 bits per heavy atom. The monoisotopic (exact) mass is 250 g/mol. The minimum absolute atomic E-state index is 0.267. The van der Waals surface area contributed by atoms with Crippen LogP contribution in [0.1, 0.15) is 56.5 Å². The molecule has 0 radical (unpaired) electrons. The average molecular weight is 250 g/mol. The van der Waals surface area contributed by atoms with Crippen molar-refractivity contribution >= 4 is 12.2 Å². The molecule has 0 spiro atoms. The second-order valence-corrected chi connectivity index (χ2v) is 5.75. The molecule has 3 rings (SSSR count). The summed E-state index contributed by atoms with van der Waals surface area (Å²) in [6.45, 7) is 2.95. The summed E-state index contributed by atoms with van der Waals surface area (Å²) in [6.07, 6.45) is 5.92. The summed E-state index contributed by atoms with van der Waals surface area (Å²) in [7, 11) is 0. The van der Waals surface area contributed by atoms with E-state index in [0.717, 1.165) is 25.3 Å². The second-order valence-electron chi connectivity index (χ2n) is 5.33. The number of aromatic nitrogens is 2. The molecule has 1 aromatic heterocycles. The average Bonchev–Trinajstić information content (AvgIpc) is 3.13. The summed E-state index contributed by atoms with van der Waals surface area (Å²) in [5.74, 6) is 1.59. The number of nitrogens with zero attached hydrogens (tertiary/aromatic N) is 1. The fraction of sp³-hybridized carbons (Fsp3) is 0.692. The maximum Gasteiger partial charge on any atom is 0.140 e. The van der Waals surface area contributed by atoms with Gasteiger partial charge < -0.3 is 9.72 Å². The molecule has 2 fully saturated rings. The smallest absolute Gasteiger partial charge is 0.140 e. The van der Waals surface area contributed by atoms with Crippen molar-refractivity contribution in [3.05, 3.63) is 22.2 Å². The number of ether oxygens (including phenoxy) is 1. The Morgan fingerprint density at radius 3 is 2.94 bits per heavy atom. The van der Waals surface area contributed by atoms with Crippen LogP contribution in [0.3, 0.4) is 0 Å². The van der Waals surface area contributed by atoms with Crippen molar-refractivity contribution in [3.63, 3.8) is 0 Å². The van der Waals surface area contributed by atoms with Crippen LogP contribution in [-0.4, -0.2) is 16.6 Å². The molecule has 1 saturated heterocycles. The van der Waals surface area contributed by atoms with Gasteiger partial charge in [-0.05, 0) is 51.0 Å². The first kappa shape index (κ1) is 11.4. The molecule has 17 heavy (non-hydrogen) atoms. The fourth-order valence-corrected chi connectivity index (χ4v) is 2.68. The molecule has 1 aliphatic heterocycles. The van der Waals surface area contributed by atoms with Gasteiger partial charge in [0.2, 0.25) is 0 Å². The van der Waals surface area contributed by atoms with E-state index in [9.17, 15) is 0 Å². The van der Waals surface area contributed by atoms with Gasteiger partial charge in [-0.3, -0.25) is 0 Å². The molecule has 1 aliphatic carbocycles. The molecular weight excluding hydrogens is 232 g/mol. The lowest BCUT2D eigenvalue weighted by molar-refractivity contribution is -0.0762. The third-order valence-corrected chi connectivity index (χ3v) is 3.96. The van der Waals surface area contributed by atoms with Crippen LogP contribution in [0.4, 0.5) is 0 Å². The first-order valence-electron chi connectivity index (χ1n) is 6.43. The van der Waals surface area contributed by atoms with Crippen molar-refractivity contribution < 1.29 is 4.74 Å². The Hall–Kier alpha value is -0.740. The molecule has 0 bridgehead atoms. The Labute approximate surface area is 107 Å². The molecule has 1 unspecified atom stereocenters. The normalized spacial score (nSPS) is 29.2. The topological polar surface area (TPSA) is 37.9 Å². The predicted molar refractivity (Wildman–Crippen MR) is 68.6 cm³/mol. The molecule has 1 atom stereocenters. The van der Waals surface area contributed by atoms with Crippen LogP contribution >= 0.6 is 12.2 Å². The van der Waals surface area contributed by atoms with Crippen LogP contribution in [-0.2, 0) is 10.3 Å². The van der Waals surface area contributed by atoms with E-state index in [0.29, 0.717) is 10.6 Å². The van der Waals surface area contributed by atoms with Crippen LogP contribution in [0.5, 0.6) is 0 Å². The highest BCUT2D eigenvalue weighted by atomic mass is 32.1. The Balaban J connectivity index is 1.98. The SMILES string of the molecule is CC1(c2nc(=S)cc(C3CC3)[nH]2)CCCCO1. The van der Waals surface area contributed by atoms with E-state index >= 15 is 0 Å². The standard InChI is InChI=1S/C13H18N2OS/c1-13(6-2-3-7-16-13)12-14-10(9-4-5-9)8-11(17)15-12/h8-9H,2-7H2,1H3,(H,14,15,17). The molecule has 0 aromatic carbocycles. The van der Waals surface area contributed by atoms with Gasteiger partial charge in [0.1, 0.15) is 16.1 Å². The zero-order valence-electron chi connectivity index (χ0n) is 10.2. The Kier molecular flexibility index (Phi) is 2.79. The van der Waals surface area contributed by atoms with Crippen molar-refractivity contribution in [2.24, 2.45) is 0 Å². The molecular formula is C13H18N2OS. The van der Waals surface area contributed by atoms with Gasteiger partial charge in [-0.25, -0.2) is 4.98 Å². The summed E-state index contributed by atoms with van der Waals surface area (Å²) in [4.78, 5) is 7.93. The highest BCUT2D eigenvalue weighted by molar-refractivity contribution is 7.71. The van der Waals surface area contributed by atoms with Gasteiger partial charge in [0.15, 0.2) is 0 Å². The lowest BCUT2D eigenvalue weighted by Gasteiger charge is -2.33. The van der Waals surface area contributed by atoms with Gasteiger partial charge >= 0.3 is 0 Å². The summed E-state index contributed by atoms with van der Waals surface area (Å²) in [5, 5.41) is 0. The quantitative estimate of drug-likeness (QED) is 0.817. The highest BCUT2D eigenvalue weighted by Crippen LogP contribution is 2.40. The van der Waals surface area contributed by atoms with Gasteiger partial charge in [-0.2, -0.15) is 0 Å². The minimum Gasteiger partial charge on any atom is -0.367 e. The number of H-pyrrole nitrogens is 1. The van der Waals surface area contributed by atoms with Crippen molar-refractivity contribution in [3.8, 4) is 0 Å². The number of nitrogens with one attached hydrogen (secondary N) is 1. The fourth-order valence-electron chi connectivity index (χ4n) is 2.46. The number of hydrogen-bond donors (Lipinski definition) is 1. The van der Waals surface area contributed by atoms with E-state index in [1.807, 2.05) is 6.07 Å². The number of hydrogen-bond acceptors (Lipinski definition) is 3. The highest BCUT2D eigenvalue weighted by Gasteiger charge is 2.34. The van der Waals surface area contributed by atoms with Crippen LogP contribution in [0.15, 0.2) is 6.07 Å². The Morgan fingerprint density at radius 2 is 2.29 bits per heavy atom. The maximum atomic E-state index is 5.92. The van der Waals surface area contributed by atoms with E-state index in [-0.39, 0.29) is 5.60 Å². The largest absolute Gasteiger partial charge is 0.367 e. The van der Waals surface area contributed by atoms with Gasteiger partial charge in [-0.1, -0.05) is 12.2 Å². The van der Waals surface area contributed by atoms with Crippen molar-refractivity contribution in [1.29, 1.82) is 0 Å². The summed E-state index contributed by atoms with van der Waals surface area (Å²) < 4.78 is 6.61. The molecule has 1 saturated carbocycles. The third-order valence-electron chi connectivity index (χ3n) is 3.75. The van der Waals surface area contributed by atoms with Gasteiger partial charge in [0.25, 0.3) is 0 Å². The van der Waals surface area contributed by atoms with E-state index in [2.05, 4.69) is 16.9 Å². The van der Waals surface area contributed by atoms with Crippen LogP contribution in [0.25, 0.3) is 0 Å². The lowest BCUT2D eigenvalue weighted by atomic mass is 9.95. The van der Waals surface area contributed by atoms with Gasteiger partial charge in [0.05, 0.1) is 0 Å². The van der Waals surface area contributed by atoms with Gasteiger partial charge in [-0.15, -0.1) is 0 Å². The maximum absolute atomic E-state index is 5.92. The zero-order valence-corrected chi connectivity index (χ0v) is 11.0. The summed E-state index contributed by atoms with van der Waals surface area (Å²) >= 11 is 5.27. The summed E-state index contributed by atoms with van der Waals surface area (Å²) in [5.41, 5.74) is 0.979. The predicted octanol–water partition coefficient (Wildman–Crippen LogP) is 3.43. The van der Waals surface area contributed by atoms with Crippen molar-refractivity contribution in [2.45, 2.75) is 50.5 Å².